The lowest BCUT2D eigenvalue weighted by Gasteiger charge is -2.27. The zero-order chi connectivity index (χ0) is 19.0. The number of aryl methyl sites for hydroxylation is 1. The van der Waals surface area contributed by atoms with Gasteiger partial charge < -0.3 is 9.80 Å². The molecule has 2 saturated heterocycles. The van der Waals surface area contributed by atoms with Gasteiger partial charge in [-0.15, -0.1) is 0 Å². The van der Waals surface area contributed by atoms with Crippen molar-refractivity contribution in [2.24, 2.45) is 13.0 Å². The largest absolute Gasteiger partial charge is 0.341 e. The molecular formula is C20H28N6O. The van der Waals surface area contributed by atoms with Gasteiger partial charge in [-0.3, -0.25) is 9.48 Å². The Kier molecular flexibility index (Phi) is 4.85. The molecule has 0 aromatic carbocycles. The van der Waals surface area contributed by atoms with E-state index in [-0.39, 0.29) is 17.9 Å². The van der Waals surface area contributed by atoms with Gasteiger partial charge in [-0.25, -0.2) is 9.97 Å². The fourth-order valence-electron chi connectivity index (χ4n) is 4.25. The normalized spacial score (nSPS) is 20.1. The molecular weight excluding hydrogens is 340 g/mol. The van der Waals surface area contributed by atoms with Crippen LogP contribution in [-0.2, 0) is 11.8 Å². The molecule has 2 aliphatic heterocycles. The third kappa shape index (κ3) is 3.31. The molecule has 2 aromatic rings. The quantitative estimate of drug-likeness (QED) is 0.830. The van der Waals surface area contributed by atoms with Crippen LogP contribution in [0.25, 0.3) is 11.3 Å². The van der Waals surface area contributed by atoms with Crippen LogP contribution in [0.2, 0.25) is 0 Å². The molecule has 4 heterocycles. The average molecular weight is 368 g/mol. The van der Waals surface area contributed by atoms with Gasteiger partial charge in [0.1, 0.15) is 0 Å². The molecule has 7 heteroatoms. The predicted octanol–water partition coefficient (Wildman–Crippen LogP) is 2.80. The third-order valence-electron chi connectivity index (χ3n) is 5.64. The van der Waals surface area contributed by atoms with E-state index in [4.69, 9.17) is 4.98 Å². The summed E-state index contributed by atoms with van der Waals surface area (Å²) >= 11 is 0. The fraction of sp³-hybridized carbons (Fsp3) is 0.600. The number of carbonyl (C=O) groups is 1. The highest BCUT2D eigenvalue weighted by atomic mass is 16.2. The number of rotatable bonds is 4. The molecule has 7 nitrogen and oxygen atoms in total. The molecule has 1 amide bonds. The second-order valence-corrected chi connectivity index (χ2v) is 7.85. The van der Waals surface area contributed by atoms with Gasteiger partial charge in [0, 0.05) is 44.4 Å². The van der Waals surface area contributed by atoms with Crippen LogP contribution >= 0.6 is 0 Å². The minimum Gasteiger partial charge on any atom is -0.341 e. The van der Waals surface area contributed by atoms with E-state index in [0.29, 0.717) is 0 Å². The van der Waals surface area contributed by atoms with E-state index in [2.05, 4.69) is 15.0 Å². The maximum atomic E-state index is 12.7. The van der Waals surface area contributed by atoms with E-state index < -0.39 is 0 Å². The standard InChI is InChI=1S/C20H28N6O/c1-14(2)19(27)26-12-6-7-17(26)18-15(13-22-24(18)3)16-8-9-21-20(23-16)25-10-4-5-11-25/h8-9,13-14,17H,4-7,10-12H2,1-3H3. The summed E-state index contributed by atoms with van der Waals surface area (Å²) in [6.45, 7) is 6.78. The van der Waals surface area contributed by atoms with Gasteiger partial charge in [0.05, 0.1) is 23.6 Å². The van der Waals surface area contributed by atoms with Crippen molar-refractivity contribution in [1.29, 1.82) is 0 Å². The second-order valence-electron chi connectivity index (χ2n) is 7.85. The highest BCUT2D eigenvalue weighted by molar-refractivity contribution is 5.79. The number of likely N-dealkylation sites (tertiary alicyclic amines) is 1. The molecule has 27 heavy (non-hydrogen) atoms. The summed E-state index contributed by atoms with van der Waals surface area (Å²) in [6, 6.07) is 2.01. The van der Waals surface area contributed by atoms with Crippen molar-refractivity contribution in [2.45, 2.75) is 45.6 Å². The Labute approximate surface area is 160 Å². The number of anilines is 1. The first-order valence-corrected chi connectivity index (χ1v) is 9.97. The van der Waals surface area contributed by atoms with Gasteiger partial charge in [-0.2, -0.15) is 5.10 Å². The van der Waals surface area contributed by atoms with Crippen LogP contribution in [0, 0.1) is 5.92 Å². The molecule has 2 aliphatic rings. The van der Waals surface area contributed by atoms with Crippen molar-refractivity contribution in [3.05, 3.63) is 24.2 Å². The number of nitrogens with zero attached hydrogens (tertiary/aromatic N) is 6. The average Bonchev–Trinajstić information content (AvgIpc) is 3.41. The lowest BCUT2D eigenvalue weighted by Crippen LogP contribution is -2.34. The number of hydrogen-bond donors (Lipinski definition) is 0. The number of hydrogen-bond acceptors (Lipinski definition) is 5. The van der Waals surface area contributed by atoms with Crippen LogP contribution < -0.4 is 4.90 Å². The Bertz CT molecular complexity index is 824. The lowest BCUT2D eigenvalue weighted by molar-refractivity contribution is -0.135. The monoisotopic (exact) mass is 368 g/mol. The van der Waals surface area contributed by atoms with Crippen molar-refractivity contribution in [3.63, 3.8) is 0 Å². The molecule has 0 N–H and O–H groups in total. The summed E-state index contributed by atoms with van der Waals surface area (Å²) < 4.78 is 1.91. The van der Waals surface area contributed by atoms with Crippen LogP contribution in [0.15, 0.2) is 18.5 Å². The van der Waals surface area contributed by atoms with E-state index in [0.717, 1.165) is 55.4 Å². The number of aromatic nitrogens is 4. The van der Waals surface area contributed by atoms with Gasteiger partial charge in [0.2, 0.25) is 11.9 Å². The zero-order valence-electron chi connectivity index (χ0n) is 16.4. The summed E-state index contributed by atoms with van der Waals surface area (Å²) in [6.07, 6.45) is 8.09. The Morgan fingerprint density at radius 3 is 2.70 bits per heavy atom. The first kappa shape index (κ1) is 17.9. The minimum absolute atomic E-state index is 0.00287. The van der Waals surface area contributed by atoms with E-state index in [1.807, 2.05) is 48.9 Å². The van der Waals surface area contributed by atoms with Gasteiger partial charge in [0.25, 0.3) is 0 Å². The summed E-state index contributed by atoms with van der Waals surface area (Å²) in [5.41, 5.74) is 2.97. The Morgan fingerprint density at radius 2 is 1.96 bits per heavy atom. The maximum Gasteiger partial charge on any atom is 0.225 e. The predicted molar refractivity (Wildman–Crippen MR) is 104 cm³/mol. The van der Waals surface area contributed by atoms with Crippen molar-refractivity contribution in [1.82, 2.24) is 24.6 Å². The molecule has 2 aromatic heterocycles. The van der Waals surface area contributed by atoms with Crippen molar-refractivity contribution >= 4 is 11.9 Å². The summed E-state index contributed by atoms with van der Waals surface area (Å²) in [4.78, 5) is 26.3. The van der Waals surface area contributed by atoms with Crippen LogP contribution in [-0.4, -0.2) is 50.2 Å². The van der Waals surface area contributed by atoms with Crippen molar-refractivity contribution in [3.8, 4) is 11.3 Å². The van der Waals surface area contributed by atoms with Gasteiger partial charge >= 0.3 is 0 Å². The van der Waals surface area contributed by atoms with Gasteiger partial charge in [-0.05, 0) is 31.7 Å². The lowest BCUT2D eigenvalue weighted by atomic mass is 10.0. The number of carbonyl (C=O) groups excluding carboxylic acids is 1. The first-order chi connectivity index (χ1) is 13.1. The fourth-order valence-corrected chi connectivity index (χ4v) is 4.25. The van der Waals surface area contributed by atoms with Crippen LogP contribution in [0.3, 0.4) is 0 Å². The van der Waals surface area contributed by atoms with Crippen molar-refractivity contribution in [2.75, 3.05) is 24.5 Å². The Balaban J connectivity index is 1.70. The Morgan fingerprint density at radius 1 is 1.19 bits per heavy atom. The summed E-state index contributed by atoms with van der Waals surface area (Å²) in [7, 11) is 1.96. The van der Waals surface area contributed by atoms with E-state index in [9.17, 15) is 4.79 Å². The van der Waals surface area contributed by atoms with E-state index in [1.54, 1.807) is 0 Å². The SMILES string of the molecule is CC(C)C(=O)N1CCCC1c1c(-c2ccnc(N3CCCC3)n2)cnn1C. The molecule has 4 rings (SSSR count). The molecule has 0 saturated carbocycles. The molecule has 1 atom stereocenters. The van der Waals surface area contributed by atoms with Crippen LogP contribution in [0.5, 0.6) is 0 Å². The molecule has 0 spiro atoms. The van der Waals surface area contributed by atoms with Crippen molar-refractivity contribution < 1.29 is 4.79 Å². The minimum atomic E-state index is 0.00287. The van der Waals surface area contributed by atoms with Crippen LogP contribution in [0.1, 0.15) is 51.3 Å². The molecule has 0 aliphatic carbocycles. The highest BCUT2D eigenvalue weighted by Crippen LogP contribution is 2.38. The molecule has 2 fully saturated rings. The van der Waals surface area contributed by atoms with Crippen LogP contribution in [0.4, 0.5) is 5.95 Å². The number of amides is 1. The summed E-state index contributed by atoms with van der Waals surface area (Å²) in [5.74, 6) is 1.01. The highest BCUT2D eigenvalue weighted by Gasteiger charge is 2.35. The first-order valence-electron chi connectivity index (χ1n) is 9.97. The zero-order valence-corrected chi connectivity index (χ0v) is 16.4. The molecule has 144 valence electrons. The van der Waals surface area contributed by atoms with Gasteiger partial charge in [0.15, 0.2) is 0 Å². The Hall–Kier alpha value is -2.44. The van der Waals surface area contributed by atoms with E-state index >= 15 is 0 Å². The third-order valence-corrected chi connectivity index (χ3v) is 5.64. The summed E-state index contributed by atoms with van der Waals surface area (Å²) in [5, 5.41) is 4.51. The molecule has 0 radical (unpaired) electrons. The topological polar surface area (TPSA) is 67.2 Å². The molecule has 0 bridgehead atoms. The van der Waals surface area contributed by atoms with Gasteiger partial charge in [-0.1, -0.05) is 13.8 Å². The smallest absolute Gasteiger partial charge is 0.225 e. The molecule has 1 unspecified atom stereocenters. The second kappa shape index (κ2) is 7.29. The van der Waals surface area contributed by atoms with E-state index in [1.165, 1.54) is 12.8 Å². The maximum absolute atomic E-state index is 12.7.